The summed E-state index contributed by atoms with van der Waals surface area (Å²) in [6.45, 7) is 2.91. The van der Waals surface area contributed by atoms with Crippen LogP contribution < -0.4 is 10.1 Å². The smallest absolute Gasteiger partial charge is 0.290 e. The average molecular weight is 332 g/mol. The Morgan fingerprint density at radius 2 is 2.08 bits per heavy atom. The van der Waals surface area contributed by atoms with Crippen LogP contribution in [0.1, 0.15) is 29.1 Å². The van der Waals surface area contributed by atoms with Gasteiger partial charge in [-0.1, -0.05) is 12.1 Å². The van der Waals surface area contributed by atoms with Gasteiger partial charge >= 0.3 is 0 Å². The van der Waals surface area contributed by atoms with E-state index in [1.54, 1.807) is 6.07 Å². The van der Waals surface area contributed by atoms with Crippen LogP contribution >= 0.6 is 0 Å². The molecule has 126 valence electrons. The fourth-order valence-corrected chi connectivity index (χ4v) is 2.66. The zero-order valence-electron chi connectivity index (χ0n) is 13.1. The van der Waals surface area contributed by atoms with E-state index in [1.807, 2.05) is 6.92 Å². The molecule has 6 nitrogen and oxygen atoms in total. The zero-order valence-corrected chi connectivity index (χ0v) is 13.1. The SMILES string of the molecule is CCOc1ccc(C(=O)N2CCNC(=O)[C@@H]2c2ccc(F)cc2)o1. The Morgan fingerprint density at radius 3 is 2.79 bits per heavy atom. The van der Waals surface area contributed by atoms with Crippen molar-refractivity contribution >= 4 is 11.8 Å². The van der Waals surface area contributed by atoms with Gasteiger partial charge in [-0.2, -0.15) is 0 Å². The molecule has 0 aliphatic carbocycles. The molecule has 2 aromatic rings. The summed E-state index contributed by atoms with van der Waals surface area (Å²) in [5, 5.41) is 2.73. The summed E-state index contributed by atoms with van der Waals surface area (Å²) in [4.78, 5) is 26.4. The number of hydrogen-bond acceptors (Lipinski definition) is 4. The van der Waals surface area contributed by atoms with Crippen molar-refractivity contribution in [3.63, 3.8) is 0 Å². The van der Waals surface area contributed by atoms with Gasteiger partial charge in [0.1, 0.15) is 11.9 Å². The van der Waals surface area contributed by atoms with Crippen LogP contribution in [0.4, 0.5) is 4.39 Å². The molecule has 1 atom stereocenters. The van der Waals surface area contributed by atoms with Gasteiger partial charge in [0.15, 0.2) is 5.76 Å². The average Bonchev–Trinajstić information content (AvgIpc) is 3.04. The fraction of sp³-hybridized carbons (Fsp3) is 0.294. The Bertz CT molecular complexity index is 741. The molecule has 1 fully saturated rings. The summed E-state index contributed by atoms with van der Waals surface area (Å²) in [6.07, 6.45) is 0. The Balaban J connectivity index is 1.89. The van der Waals surface area contributed by atoms with Crippen LogP contribution in [-0.2, 0) is 4.79 Å². The third kappa shape index (κ3) is 3.10. The van der Waals surface area contributed by atoms with Crippen LogP contribution in [0.3, 0.4) is 0 Å². The molecule has 1 N–H and O–H groups in total. The van der Waals surface area contributed by atoms with E-state index in [9.17, 15) is 14.0 Å². The predicted octanol–water partition coefficient (Wildman–Crippen LogP) is 2.13. The van der Waals surface area contributed by atoms with E-state index in [1.165, 1.54) is 35.2 Å². The monoisotopic (exact) mass is 332 g/mol. The maximum Gasteiger partial charge on any atom is 0.290 e. The lowest BCUT2D eigenvalue weighted by atomic mass is 10.0. The van der Waals surface area contributed by atoms with E-state index in [0.29, 0.717) is 25.3 Å². The predicted molar refractivity (Wildman–Crippen MR) is 83.1 cm³/mol. The number of carbonyl (C=O) groups is 2. The van der Waals surface area contributed by atoms with Crippen molar-refractivity contribution in [3.8, 4) is 5.95 Å². The van der Waals surface area contributed by atoms with Gasteiger partial charge < -0.3 is 19.4 Å². The number of piperazine rings is 1. The molecule has 1 aromatic carbocycles. The highest BCUT2D eigenvalue weighted by Crippen LogP contribution is 2.27. The highest BCUT2D eigenvalue weighted by Gasteiger charge is 2.36. The van der Waals surface area contributed by atoms with Crippen LogP contribution in [0.25, 0.3) is 0 Å². The maximum atomic E-state index is 13.1. The van der Waals surface area contributed by atoms with Gasteiger partial charge in [0.2, 0.25) is 5.91 Å². The molecule has 0 bridgehead atoms. The second kappa shape index (κ2) is 6.74. The first-order valence-electron chi connectivity index (χ1n) is 7.67. The van der Waals surface area contributed by atoms with Gasteiger partial charge in [0, 0.05) is 19.2 Å². The molecule has 0 saturated carbocycles. The first kappa shape index (κ1) is 16.0. The molecule has 1 aromatic heterocycles. The normalized spacial score (nSPS) is 17.5. The number of nitrogens with zero attached hydrogens (tertiary/aromatic N) is 1. The van der Waals surface area contributed by atoms with Crippen LogP contribution in [-0.4, -0.2) is 36.4 Å². The first-order chi connectivity index (χ1) is 11.6. The van der Waals surface area contributed by atoms with Crippen molar-refractivity contribution in [2.75, 3.05) is 19.7 Å². The molecule has 0 radical (unpaired) electrons. The van der Waals surface area contributed by atoms with Crippen LogP contribution in [0.2, 0.25) is 0 Å². The second-order valence-electron chi connectivity index (χ2n) is 5.30. The molecule has 2 heterocycles. The lowest BCUT2D eigenvalue weighted by molar-refractivity contribution is -0.128. The van der Waals surface area contributed by atoms with E-state index >= 15 is 0 Å². The second-order valence-corrected chi connectivity index (χ2v) is 5.30. The maximum absolute atomic E-state index is 13.1. The van der Waals surface area contributed by atoms with Gasteiger partial charge in [0.05, 0.1) is 6.61 Å². The quantitative estimate of drug-likeness (QED) is 0.931. The molecule has 2 amide bonds. The number of amides is 2. The van der Waals surface area contributed by atoms with Gasteiger partial charge in [-0.15, -0.1) is 0 Å². The number of carbonyl (C=O) groups excluding carboxylic acids is 2. The zero-order chi connectivity index (χ0) is 17.1. The number of rotatable bonds is 4. The van der Waals surface area contributed by atoms with Crippen molar-refractivity contribution in [2.24, 2.45) is 0 Å². The molecular formula is C17H17FN2O4. The minimum atomic E-state index is -0.826. The summed E-state index contributed by atoms with van der Waals surface area (Å²) >= 11 is 0. The van der Waals surface area contributed by atoms with E-state index < -0.39 is 17.8 Å². The van der Waals surface area contributed by atoms with Crippen molar-refractivity contribution in [2.45, 2.75) is 13.0 Å². The summed E-state index contributed by atoms with van der Waals surface area (Å²) in [6, 6.07) is 7.78. The van der Waals surface area contributed by atoms with Crippen molar-refractivity contribution in [1.82, 2.24) is 10.2 Å². The highest BCUT2D eigenvalue weighted by molar-refractivity contribution is 5.96. The van der Waals surface area contributed by atoms with Crippen molar-refractivity contribution in [3.05, 3.63) is 53.5 Å². The highest BCUT2D eigenvalue weighted by atomic mass is 19.1. The fourth-order valence-electron chi connectivity index (χ4n) is 2.66. The van der Waals surface area contributed by atoms with E-state index in [0.717, 1.165) is 0 Å². The third-order valence-corrected chi connectivity index (χ3v) is 3.74. The number of halogens is 1. The van der Waals surface area contributed by atoms with Crippen LogP contribution in [0.15, 0.2) is 40.8 Å². The third-order valence-electron chi connectivity index (χ3n) is 3.74. The lowest BCUT2D eigenvalue weighted by Crippen LogP contribution is -2.52. The van der Waals surface area contributed by atoms with Crippen LogP contribution in [0, 0.1) is 5.82 Å². The number of ether oxygens (including phenoxy) is 1. The van der Waals surface area contributed by atoms with Crippen LogP contribution in [0.5, 0.6) is 5.95 Å². The van der Waals surface area contributed by atoms with E-state index in [-0.39, 0.29) is 17.6 Å². The summed E-state index contributed by atoms with van der Waals surface area (Å²) < 4.78 is 23.7. The molecule has 7 heteroatoms. The number of furan rings is 1. The molecule has 24 heavy (non-hydrogen) atoms. The van der Waals surface area contributed by atoms with E-state index in [4.69, 9.17) is 9.15 Å². The molecule has 1 aliphatic rings. The van der Waals surface area contributed by atoms with Crippen molar-refractivity contribution in [1.29, 1.82) is 0 Å². The Hall–Kier alpha value is -2.83. The number of hydrogen-bond donors (Lipinski definition) is 1. The number of benzene rings is 1. The molecule has 1 aliphatic heterocycles. The lowest BCUT2D eigenvalue weighted by Gasteiger charge is -2.34. The van der Waals surface area contributed by atoms with Gasteiger partial charge in [-0.25, -0.2) is 4.39 Å². The Labute approximate surface area is 138 Å². The minimum absolute atomic E-state index is 0.0975. The Kier molecular flexibility index (Phi) is 4.50. The number of nitrogens with one attached hydrogen (secondary N) is 1. The van der Waals surface area contributed by atoms with Gasteiger partial charge in [0.25, 0.3) is 11.9 Å². The van der Waals surface area contributed by atoms with Gasteiger partial charge in [-0.05, 0) is 30.7 Å². The summed E-state index contributed by atoms with van der Waals surface area (Å²) in [5.74, 6) is -0.774. The summed E-state index contributed by atoms with van der Waals surface area (Å²) in [5.41, 5.74) is 0.540. The molecule has 0 unspecified atom stereocenters. The minimum Gasteiger partial charge on any atom is -0.465 e. The van der Waals surface area contributed by atoms with Gasteiger partial charge in [-0.3, -0.25) is 9.59 Å². The summed E-state index contributed by atoms with van der Waals surface area (Å²) in [7, 11) is 0. The topological polar surface area (TPSA) is 71.8 Å². The molecule has 3 rings (SSSR count). The Morgan fingerprint density at radius 1 is 1.33 bits per heavy atom. The molecular weight excluding hydrogens is 315 g/mol. The first-order valence-corrected chi connectivity index (χ1v) is 7.67. The molecule has 0 spiro atoms. The van der Waals surface area contributed by atoms with Crippen molar-refractivity contribution < 1.29 is 23.1 Å². The molecule has 1 saturated heterocycles. The largest absolute Gasteiger partial charge is 0.465 e. The standard InChI is InChI=1S/C17H17FN2O4/c1-2-23-14-8-7-13(24-14)17(22)20-10-9-19-16(21)15(20)11-3-5-12(18)6-4-11/h3-8,15H,2,9-10H2,1H3,(H,19,21)/t15-/m0/s1. The van der Waals surface area contributed by atoms with E-state index in [2.05, 4.69) is 5.32 Å².